The summed E-state index contributed by atoms with van der Waals surface area (Å²) < 4.78 is 47.2. The number of ketones is 1. The van der Waals surface area contributed by atoms with Crippen molar-refractivity contribution >= 4 is 61.1 Å². The Morgan fingerprint density at radius 3 is 2.73 bits per heavy atom. The molecule has 2 aliphatic heterocycles. The molecule has 2 fully saturated rings. The van der Waals surface area contributed by atoms with Crippen LogP contribution >= 0.6 is 11.3 Å². The highest BCUT2D eigenvalue weighted by Gasteiger charge is 2.57. The predicted molar refractivity (Wildman–Crippen MR) is 156 cm³/mol. The molecule has 1 aromatic carbocycles. The van der Waals surface area contributed by atoms with Gasteiger partial charge >= 0.3 is 5.97 Å². The molecule has 2 aliphatic rings. The van der Waals surface area contributed by atoms with Crippen molar-refractivity contribution < 1.29 is 51.0 Å². The number of oxime groups is 1. The van der Waals surface area contributed by atoms with E-state index in [0.717, 1.165) is 41.8 Å². The van der Waals surface area contributed by atoms with Gasteiger partial charge in [-0.3, -0.25) is 9.59 Å². The van der Waals surface area contributed by atoms with Crippen LogP contribution < -0.4 is 20.5 Å². The highest BCUT2D eigenvalue weighted by Crippen LogP contribution is 2.40. The van der Waals surface area contributed by atoms with Crippen LogP contribution in [0.1, 0.15) is 38.4 Å². The Hall–Kier alpha value is -4.17. The predicted octanol–water partition coefficient (Wildman–Crippen LogP) is -0.120. The molecule has 45 heavy (non-hydrogen) atoms. The third-order valence-electron chi connectivity index (χ3n) is 7.78. The summed E-state index contributed by atoms with van der Waals surface area (Å²) in [5.74, 6) is -3.81. The number of hydrogen-bond acceptors (Lipinski definition) is 14. The van der Waals surface area contributed by atoms with Gasteiger partial charge in [-0.1, -0.05) is 5.16 Å². The maximum Gasteiger partial charge on any atom is 0.351 e. The molecule has 3 atom stereocenters. The lowest BCUT2D eigenvalue weighted by Gasteiger charge is -2.51. The minimum atomic E-state index is -5.23. The van der Waals surface area contributed by atoms with E-state index in [0.29, 0.717) is 16.9 Å². The fourth-order valence-corrected chi connectivity index (χ4v) is 6.30. The number of hydrogen-bond donors (Lipinski definition) is 3. The first-order valence-corrected chi connectivity index (χ1v) is 15.9. The normalized spacial score (nSPS) is 20.7. The monoisotopic (exact) mass is 665 g/mol. The molecule has 4 N–H and O–H groups in total. The van der Waals surface area contributed by atoms with Crippen LogP contribution in [0.3, 0.4) is 0 Å². The summed E-state index contributed by atoms with van der Waals surface area (Å²) in [6.07, 6.45) is 0.859. The van der Waals surface area contributed by atoms with Gasteiger partial charge in [-0.15, -0.1) is 16.0 Å². The molecule has 0 saturated carbocycles. The molecular formula is C26H31N7O10S2. The zero-order valence-electron chi connectivity index (χ0n) is 24.4. The zero-order valence-corrected chi connectivity index (χ0v) is 26.0. The molecule has 0 unspecified atom stereocenters. The van der Waals surface area contributed by atoms with Crippen LogP contribution in [0.25, 0.3) is 10.9 Å². The number of carboxylic acid groups (broad SMARTS) is 1. The summed E-state index contributed by atoms with van der Waals surface area (Å²) in [5.41, 5.74) is 4.90. The number of hydroxylamine groups is 2. The van der Waals surface area contributed by atoms with E-state index in [4.69, 9.17) is 15.3 Å². The number of ether oxygens (including phenoxy) is 1. The Balaban J connectivity index is 1.30. The molecule has 2 saturated heterocycles. The van der Waals surface area contributed by atoms with Gasteiger partial charge in [0.1, 0.15) is 23.6 Å². The van der Waals surface area contributed by atoms with E-state index in [-0.39, 0.29) is 10.8 Å². The van der Waals surface area contributed by atoms with Crippen molar-refractivity contribution in [2.45, 2.75) is 44.4 Å². The first kappa shape index (κ1) is 32.2. The van der Waals surface area contributed by atoms with Gasteiger partial charge in [-0.05, 0) is 32.0 Å². The fourth-order valence-electron chi connectivity index (χ4n) is 5.31. The summed E-state index contributed by atoms with van der Waals surface area (Å²) >= 11 is 0.989. The lowest BCUT2D eigenvalue weighted by molar-refractivity contribution is -0.790. The van der Waals surface area contributed by atoms with Gasteiger partial charge < -0.3 is 30.3 Å². The smallest absolute Gasteiger partial charge is 0.351 e. The summed E-state index contributed by atoms with van der Waals surface area (Å²) in [5, 5.41) is 19.7. The maximum absolute atomic E-state index is 13.3. The number of Topliss-reactive ketones (excluding diaryl/α,β-unsaturated/α-hetero) is 1. The van der Waals surface area contributed by atoms with Crippen LogP contribution in [0.2, 0.25) is 0 Å². The third kappa shape index (κ3) is 6.76. The van der Waals surface area contributed by atoms with Crippen molar-refractivity contribution in [1.29, 1.82) is 0 Å². The van der Waals surface area contributed by atoms with Crippen LogP contribution in [-0.2, 0) is 41.0 Å². The van der Waals surface area contributed by atoms with Gasteiger partial charge in [-0.2, -0.15) is 14.0 Å². The third-order valence-corrected chi connectivity index (χ3v) is 8.79. The Morgan fingerprint density at radius 2 is 2.13 bits per heavy atom. The van der Waals surface area contributed by atoms with Crippen molar-refractivity contribution in [1.82, 2.24) is 20.0 Å². The van der Waals surface area contributed by atoms with Crippen molar-refractivity contribution in [3.63, 3.8) is 0 Å². The van der Waals surface area contributed by atoms with E-state index >= 15 is 0 Å². The van der Waals surface area contributed by atoms with Crippen molar-refractivity contribution in [2.24, 2.45) is 18.1 Å². The van der Waals surface area contributed by atoms with Crippen LogP contribution in [0.4, 0.5) is 5.13 Å². The topological polar surface area (TPSA) is 232 Å². The van der Waals surface area contributed by atoms with E-state index in [1.165, 1.54) is 19.2 Å². The van der Waals surface area contributed by atoms with Gasteiger partial charge in [0.25, 0.3) is 12.0 Å². The van der Waals surface area contributed by atoms with Crippen LogP contribution in [0, 0.1) is 5.92 Å². The number of nitrogens with two attached hydrogens (primary N) is 1. The molecule has 5 rings (SSSR count). The lowest BCUT2D eigenvalue weighted by Crippen LogP contribution is -2.68. The number of nitrogens with one attached hydrogen (secondary N) is 1. The minimum Gasteiger partial charge on any atom is -0.724 e. The Labute approximate surface area is 261 Å². The number of β-lactam (4-membered cyclic amide) rings is 1. The van der Waals surface area contributed by atoms with E-state index in [1.54, 1.807) is 12.1 Å². The van der Waals surface area contributed by atoms with Crippen molar-refractivity contribution in [2.75, 3.05) is 25.4 Å². The molecule has 0 aliphatic carbocycles. The summed E-state index contributed by atoms with van der Waals surface area (Å²) in [7, 11) is -3.27. The number of carbonyl (C=O) groups is 3. The molecule has 0 spiro atoms. The number of benzene rings is 1. The van der Waals surface area contributed by atoms with Gasteiger partial charge in [0.05, 0.1) is 30.4 Å². The largest absolute Gasteiger partial charge is 0.724 e. The molecule has 2 aromatic heterocycles. The van der Waals surface area contributed by atoms with Gasteiger partial charge in [-0.25, -0.2) is 18.2 Å². The second kappa shape index (κ2) is 12.3. The number of amides is 1. The molecule has 4 heterocycles. The number of nitrogens with zero attached hydrogens (tertiary/aromatic N) is 5. The first-order valence-electron chi connectivity index (χ1n) is 13.7. The highest BCUT2D eigenvalue weighted by atomic mass is 32.3. The summed E-state index contributed by atoms with van der Waals surface area (Å²) in [6.45, 7) is 4.15. The second-order valence-corrected chi connectivity index (χ2v) is 13.0. The molecular weight excluding hydrogens is 634 g/mol. The molecule has 0 radical (unpaired) electrons. The number of carbonyl (C=O) groups excluding carboxylic acids is 2. The molecule has 242 valence electrons. The van der Waals surface area contributed by atoms with Gasteiger partial charge in [0.2, 0.25) is 16.6 Å². The molecule has 19 heteroatoms. The highest BCUT2D eigenvalue weighted by molar-refractivity contribution is 7.80. The number of aryl methyl sites for hydroxylation is 1. The van der Waals surface area contributed by atoms with Gasteiger partial charge in [0.15, 0.2) is 22.7 Å². The molecule has 0 bridgehead atoms. The van der Waals surface area contributed by atoms with E-state index in [9.17, 15) is 32.5 Å². The van der Waals surface area contributed by atoms with Gasteiger partial charge in [0, 0.05) is 24.8 Å². The number of aromatic nitrogens is 3. The van der Waals surface area contributed by atoms with Crippen molar-refractivity contribution in [3.8, 4) is 5.75 Å². The summed E-state index contributed by atoms with van der Waals surface area (Å²) in [4.78, 5) is 47.2. The second-order valence-electron chi connectivity index (χ2n) is 11.1. The van der Waals surface area contributed by atoms with Crippen LogP contribution in [-0.4, -0.2) is 87.5 Å². The number of anilines is 1. The summed E-state index contributed by atoms with van der Waals surface area (Å²) in [6, 6.07) is 5.67. The molecule has 17 nitrogen and oxygen atoms in total. The van der Waals surface area contributed by atoms with E-state index < -0.39 is 64.4 Å². The van der Waals surface area contributed by atoms with Crippen LogP contribution in [0.15, 0.2) is 34.9 Å². The average Bonchev–Trinajstić information content (AvgIpc) is 3.72. The first-order chi connectivity index (χ1) is 21.2. The van der Waals surface area contributed by atoms with E-state index in [1.807, 2.05) is 24.0 Å². The van der Waals surface area contributed by atoms with E-state index in [2.05, 4.69) is 24.4 Å². The number of rotatable bonds is 13. The minimum absolute atomic E-state index is 0.0207. The maximum atomic E-state index is 13.3. The Kier molecular flexibility index (Phi) is 8.82. The number of thiazole rings is 1. The SMILES string of the molecule is Cn1c2ccc(OC[C@H](O/N=C(\C(=O)C[C@@H]3C(=O)N(OS(=O)(=O)[O-])C3(C)C)c3csc(N)n3)C(=O)O)cc2c[n+]1[C@@H]1CCNC1. The number of fused-ring (bicyclic) bond motifs is 1. The molecule has 1 amide bonds. The Bertz CT molecular complexity index is 1780. The number of aliphatic carboxylic acids is 1. The number of carboxylic acids is 1. The molecule has 3 aromatic rings. The Morgan fingerprint density at radius 1 is 1.38 bits per heavy atom. The van der Waals surface area contributed by atoms with Crippen LogP contribution in [0.5, 0.6) is 5.75 Å². The van der Waals surface area contributed by atoms with Crippen molar-refractivity contribution in [3.05, 3.63) is 35.5 Å². The zero-order chi connectivity index (χ0) is 32.7. The number of nitrogen functional groups attached to an aromatic ring is 1. The fraction of sp³-hybridized carbons (Fsp3) is 0.462. The standard InChI is InChI=1S/C26H31N7O10S2/c1-26(2)17(23(35)33(26)43-45(38,39)40)9-20(34)22(18-13-44-25(27)29-18)30-42-21(24(36)37)12-41-16-4-5-19-14(8-16)11-32(31(19)3)15-6-7-28-10-15/h4-5,8,11,13,15,17,21,28H,6-7,9-10,12H2,1-3H3,(H3-,27,29,36,37,38,39,40)/b30-22-/t15-,17-,21+/m1/s1. The average molecular weight is 666 g/mol. The lowest BCUT2D eigenvalue weighted by atomic mass is 9.74. The quantitative estimate of drug-likeness (QED) is 0.0540.